The number of aryl methyl sites for hydroxylation is 1. The van der Waals surface area contributed by atoms with E-state index in [1.54, 1.807) is 18.0 Å². The third-order valence-electron chi connectivity index (χ3n) is 5.75. The fourth-order valence-corrected chi connectivity index (χ4v) is 5.16. The van der Waals surface area contributed by atoms with Crippen LogP contribution in [-0.4, -0.2) is 25.0 Å². The van der Waals surface area contributed by atoms with E-state index in [2.05, 4.69) is 35.3 Å². The monoisotopic (exact) mass is 512 g/mol. The van der Waals surface area contributed by atoms with Crippen LogP contribution in [0.5, 0.6) is 0 Å². The molecule has 0 aliphatic carbocycles. The first-order chi connectivity index (χ1) is 16.9. The molecule has 2 nitrogen and oxygen atoms in total. The van der Waals surface area contributed by atoms with Crippen molar-refractivity contribution in [1.82, 2.24) is 9.62 Å². The first kappa shape index (κ1) is 29.0. The van der Waals surface area contributed by atoms with E-state index in [9.17, 15) is 4.39 Å². The van der Waals surface area contributed by atoms with Gasteiger partial charge in [0.25, 0.3) is 0 Å². The van der Waals surface area contributed by atoms with Crippen LogP contribution in [0.4, 0.5) is 4.39 Å². The molecule has 0 aromatic heterocycles. The van der Waals surface area contributed by atoms with Gasteiger partial charge in [0, 0.05) is 34.3 Å². The lowest BCUT2D eigenvalue weighted by molar-refractivity contribution is 0.494. The molecule has 1 aliphatic rings. The summed E-state index contributed by atoms with van der Waals surface area (Å²) < 4.78 is 16.7. The SMILES string of the molecule is C=C(c1cc(Cl)c(CC)c(SNC)c1)N1CCCC1.CC.Cc1ccc(-c2ccccc2)c(F)c1. The summed E-state index contributed by atoms with van der Waals surface area (Å²) in [5, 5.41) is 0.845. The lowest BCUT2D eigenvalue weighted by Gasteiger charge is -2.22. The molecule has 1 heterocycles. The Bertz CT molecular complexity index is 1080. The Kier molecular flexibility index (Phi) is 12.4. The molecule has 0 atom stereocenters. The van der Waals surface area contributed by atoms with Crippen LogP contribution in [0.25, 0.3) is 16.8 Å². The normalized spacial score (nSPS) is 12.4. The molecule has 0 bridgehead atoms. The van der Waals surface area contributed by atoms with Crippen molar-refractivity contribution >= 4 is 29.2 Å². The second-order valence-electron chi connectivity index (χ2n) is 8.08. The maximum atomic E-state index is 13.5. The van der Waals surface area contributed by atoms with E-state index < -0.39 is 0 Å². The molecule has 1 fully saturated rings. The van der Waals surface area contributed by atoms with Crippen molar-refractivity contribution in [3.05, 3.63) is 94.8 Å². The molecular formula is C30H38ClFN2S. The van der Waals surface area contributed by atoms with Crippen molar-refractivity contribution in [1.29, 1.82) is 0 Å². The number of nitrogens with zero attached hydrogens (tertiary/aromatic N) is 1. The lowest BCUT2D eigenvalue weighted by atomic mass is 10.0. The van der Waals surface area contributed by atoms with Crippen LogP contribution in [0.15, 0.2) is 72.1 Å². The van der Waals surface area contributed by atoms with Crippen LogP contribution in [0.1, 0.15) is 50.3 Å². The van der Waals surface area contributed by atoms with Crippen molar-refractivity contribution in [3.63, 3.8) is 0 Å². The Balaban J connectivity index is 0.000000239. The summed E-state index contributed by atoms with van der Waals surface area (Å²) in [6.45, 7) is 14.5. The molecule has 188 valence electrons. The van der Waals surface area contributed by atoms with E-state index in [-0.39, 0.29) is 5.82 Å². The molecule has 3 aromatic rings. The Morgan fingerprint density at radius 2 is 1.71 bits per heavy atom. The van der Waals surface area contributed by atoms with E-state index >= 15 is 0 Å². The molecule has 0 saturated carbocycles. The maximum Gasteiger partial charge on any atom is 0.131 e. The van der Waals surface area contributed by atoms with Gasteiger partial charge >= 0.3 is 0 Å². The van der Waals surface area contributed by atoms with Crippen molar-refractivity contribution in [2.24, 2.45) is 0 Å². The highest BCUT2D eigenvalue weighted by Gasteiger charge is 2.17. The summed E-state index contributed by atoms with van der Waals surface area (Å²) >= 11 is 8.04. The van der Waals surface area contributed by atoms with Gasteiger partial charge in [-0.2, -0.15) is 0 Å². The van der Waals surface area contributed by atoms with Gasteiger partial charge in [0.2, 0.25) is 0 Å². The maximum absolute atomic E-state index is 13.5. The molecule has 0 radical (unpaired) electrons. The van der Waals surface area contributed by atoms with Crippen molar-refractivity contribution < 1.29 is 4.39 Å². The number of halogens is 2. The zero-order valence-corrected chi connectivity index (χ0v) is 23.2. The van der Waals surface area contributed by atoms with E-state index in [0.29, 0.717) is 5.56 Å². The molecule has 1 N–H and O–H groups in total. The molecule has 0 unspecified atom stereocenters. The zero-order valence-electron chi connectivity index (χ0n) is 21.6. The molecule has 5 heteroatoms. The van der Waals surface area contributed by atoms with E-state index in [1.807, 2.05) is 70.3 Å². The fraction of sp³-hybridized carbons (Fsp3) is 0.333. The first-order valence-electron chi connectivity index (χ1n) is 12.4. The summed E-state index contributed by atoms with van der Waals surface area (Å²) in [5.41, 5.74) is 5.98. The van der Waals surface area contributed by atoms with Gasteiger partial charge in [0.1, 0.15) is 5.82 Å². The summed E-state index contributed by atoms with van der Waals surface area (Å²) in [5.74, 6) is -0.156. The van der Waals surface area contributed by atoms with Gasteiger partial charge in [-0.25, -0.2) is 4.39 Å². The van der Waals surface area contributed by atoms with Crippen LogP contribution in [0.2, 0.25) is 5.02 Å². The predicted molar refractivity (Wildman–Crippen MR) is 154 cm³/mol. The second kappa shape index (κ2) is 15.0. The predicted octanol–water partition coefficient (Wildman–Crippen LogP) is 9.02. The quantitative estimate of drug-likeness (QED) is 0.331. The second-order valence-corrected chi connectivity index (χ2v) is 9.54. The average molecular weight is 513 g/mol. The third-order valence-corrected chi connectivity index (χ3v) is 6.88. The lowest BCUT2D eigenvalue weighted by Crippen LogP contribution is -2.16. The third kappa shape index (κ3) is 8.13. The van der Waals surface area contributed by atoms with Gasteiger partial charge in [0.05, 0.1) is 0 Å². The highest BCUT2D eigenvalue weighted by molar-refractivity contribution is 7.97. The Morgan fingerprint density at radius 3 is 2.29 bits per heavy atom. The molecule has 1 saturated heterocycles. The Hall–Kier alpha value is -2.27. The van der Waals surface area contributed by atoms with Crippen LogP contribution < -0.4 is 4.72 Å². The molecule has 4 rings (SSSR count). The molecular weight excluding hydrogens is 475 g/mol. The molecule has 1 aliphatic heterocycles. The van der Waals surface area contributed by atoms with Crippen LogP contribution >= 0.6 is 23.5 Å². The van der Waals surface area contributed by atoms with Gasteiger partial charge in [-0.1, -0.05) is 81.4 Å². The van der Waals surface area contributed by atoms with Crippen LogP contribution in [0.3, 0.4) is 0 Å². The summed E-state index contributed by atoms with van der Waals surface area (Å²) in [4.78, 5) is 3.55. The fourth-order valence-electron chi connectivity index (χ4n) is 3.96. The minimum absolute atomic E-state index is 0.156. The Morgan fingerprint density at radius 1 is 1.06 bits per heavy atom. The van der Waals surface area contributed by atoms with E-state index in [0.717, 1.165) is 46.9 Å². The van der Waals surface area contributed by atoms with Crippen molar-refractivity contribution in [2.75, 3.05) is 20.1 Å². The standard InChI is InChI=1S/C15H21ClN2S.C13H11F.C2H6/c1-4-13-14(16)9-12(10-15(13)19-17-3)11(2)18-7-5-6-8-18;1-10-7-8-12(13(14)9-10)11-5-3-2-4-6-11;1-2/h9-10,17H,2,4-8H2,1,3H3;2-9H,1H3;1-2H3. The smallest absolute Gasteiger partial charge is 0.131 e. The number of hydrogen-bond donors (Lipinski definition) is 1. The van der Waals surface area contributed by atoms with Crippen molar-refractivity contribution in [3.8, 4) is 11.1 Å². The van der Waals surface area contributed by atoms with Gasteiger partial charge in [-0.05, 0) is 85.6 Å². The zero-order chi connectivity index (χ0) is 25.8. The van der Waals surface area contributed by atoms with Gasteiger partial charge in [0.15, 0.2) is 0 Å². The first-order valence-corrected chi connectivity index (χ1v) is 13.6. The summed E-state index contributed by atoms with van der Waals surface area (Å²) in [7, 11) is 1.93. The molecule has 0 amide bonds. The van der Waals surface area contributed by atoms with Gasteiger partial charge in [-0.15, -0.1) is 0 Å². The number of benzene rings is 3. The minimum Gasteiger partial charge on any atom is -0.372 e. The topological polar surface area (TPSA) is 15.3 Å². The Labute approximate surface area is 220 Å². The highest BCUT2D eigenvalue weighted by atomic mass is 35.5. The highest BCUT2D eigenvalue weighted by Crippen LogP contribution is 2.33. The minimum atomic E-state index is -0.156. The summed E-state index contributed by atoms with van der Waals surface area (Å²) in [6.07, 6.45) is 3.47. The number of hydrogen-bond acceptors (Lipinski definition) is 3. The number of rotatable bonds is 6. The molecule has 35 heavy (non-hydrogen) atoms. The van der Waals surface area contributed by atoms with Gasteiger partial charge in [-0.3, -0.25) is 4.72 Å². The number of likely N-dealkylation sites (tertiary alicyclic amines) is 1. The average Bonchev–Trinajstić information content (AvgIpc) is 3.41. The van der Waals surface area contributed by atoms with E-state index in [4.69, 9.17) is 11.6 Å². The number of nitrogens with one attached hydrogen (secondary N) is 1. The van der Waals surface area contributed by atoms with Crippen LogP contribution in [0, 0.1) is 12.7 Å². The van der Waals surface area contributed by atoms with Gasteiger partial charge < -0.3 is 4.90 Å². The van der Waals surface area contributed by atoms with Crippen LogP contribution in [-0.2, 0) is 6.42 Å². The molecule has 3 aromatic carbocycles. The summed E-state index contributed by atoms with van der Waals surface area (Å²) in [6, 6.07) is 19.1. The largest absolute Gasteiger partial charge is 0.372 e. The van der Waals surface area contributed by atoms with E-state index in [1.165, 1.54) is 23.3 Å². The van der Waals surface area contributed by atoms with Crippen molar-refractivity contribution in [2.45, 2.75) is 51.9 Å². The molecule has 0 spiro atoms.